The zero-order valence-electron chi connectivity index (χ0n) is 26.6. The topological polar surface area (TPSA) is 138 Å². The number of aryl methyl sites for hydroxylation is 1. The molecule has 44 heavy (non-hydrogen) atoms. The molecule has 1 saturated heterocycles. The van der Waals surface area contributed by atoms with Gasteiger partial charge in [-0.3, -0.25) is 4.90 Å². The Morgan fingerprint density at radius 3 is 2.61 bits per heavy atom. The lowest BCUT2D eigenvalue weighted by atomic mass is 9.76. The number of nitrogens with one attached hydrogen (secondary N) is 1. The minimum absolute atomic E-state index is 0.112. The third-order valence-corrected chi connectivity index (χ3v) is 10.2. The number of ether oxygens (including phenoxy) is 1. The number of aromatic nitrogens is 5. The van der Waals surface area contributed by atoms with E-state index in [0.29, 0.717) is 41.9 Å². The van der Waals surface area contributed by atoms with Crippen LogP contribution < -0.4 is 5.73 Å². The van der Waals surface area contributed by atoms with E-state index in [1.807, 2.05) is 10.8 Å². The number of aliphatic hydroxyl groups excluding tert-OH is 2. The normalized spacial score (nSPS) is 27.7. The maximum Gasteiger partial charge on any atom is 0.164 e. The number of nitrogens with two attached hydrogens (primary N) is 1. The summed E-state index contributed by atoms with van der Waals surface area (Å²) >= 11 is 0. The van der Waals surface area contributed by atoms with Gasteiger partial charge >= 0.3 is 0 Å². The van der Waals surface area contributed by atoms with Gasteiger partial charge in [-0.05, 0) is 86.5 Å². The van der Waals surface area contributed by atoms with Gasteiger partial charge in [-0.2, -0.15) is 0 Å². The van der Waals surface area contributed by atoms with Gasteiger partial charge in [0, 0.05) is 31.2 Å². The van der Waals surface area contributed by atoms with Crippen LogP contribution in [0.15, 0.2) is 30.7 Å². The van der Waals surface area contributed by atoms with E-state index in [4.69, 9.17) is 15.5 Å². The number of rotatable bonds is 9. The minimum atomic E-state index is -1.06. The molecule has 1 aromatic carbocycles. The number of hydrogen-bond donors (Lipinski definition) is 4. The van der Waals surface area contributed by atoms with Crippen molar-refractivity contribution in [2.24, 2.45) is 5.92 Å². The van der Waals surface area contributed by atoms with Crippen molar-refractivity contribution >= 4 is 27.9 Å². The molecule has 4 aromatic rings. The van der Waals surface area contributed by atoms with Gasteiger partial charge in [0.1, 0.15) is 41.9 Å². The SMILES string of the molecule is CC(C)N(CC1OC(n2cc(C3CC3)c3c(N)ncnc32)C(O)C1O)C1CC(CCc2nc3ccc(C(C)(C)C)cc3[nH]2)C1. The molecule has 236 valence electrons. The van der Waals surface area contributed by atoms with Gasteiger partial charge in [0.05, 0.1) is 16.4 Å². The number of H-pyrrole nitrogens is 1. The largest absolute Gasteiger partial charge is 0.387 e. The first kappa shape index (κ1) is 29.6. The molecule has 5 N–H and O–H groups in total. The van der Waals surface area contributed by atoms with Crippen molar-refractivity contribution in [1.29, 1.82) is 0 Å². The van der Waals surface area contributed by atoms with Crippen LogP contribution in [0.2, 0.25) is 0 Å². The number of aliphatic hydroxyl groups is 2. The molecular weight excluding hydrogens is 554 g/mol. The molecule has 0 radical (unpaired) electrons. The summed E-state index contributed by atoms with van der Waals surface area (Å²) in [4.78, 5) is 19.6. The fourth-order valence-electron chi connectivity index (χ4n) is 7.33. The van der Waals surface area contributed by atoms with Crippen molar-refractivity contribution in [2.45, 2.75) is 121 Å². The Morgan fingerprint density at radius 2 is 1.91 bits per heavy atom. The van der Waals surface area contributed by atoms with Crippen molar-refractivity contribution in [1.82, 2.24) is 29.4 Å². The standard InChI is InChI=1S/C34H47N7O3/c1-18(2)40(22-12-19(13-22)6-11-27-38-24-10-9-21(34(3,4)5)14-25(24)39-27)16-26-29(42)30(43)33(44-26)41-15-23(20-7-8-20)28-31(35)36-17-37-32(28)41/h9-10,14-15,17-20,22,26,29-30,33,42-43H,6-8,11-13,16H2,1-5H3,(H,38,39)(H2,35,36,37). The summed E-state index contributed by atoms with van der Waals surface area (Å²) in [7, 11) is 0. The Bertz CT molecular complexity index is 1650. The van der Waals surface area contributed by atoms with E-state index in [1.54, 1.807) is 0 Å². The predicted molar refractivity (Wildman–Crippen MR) is 171 cm³/mol. The minimum Gasteiger partial charge on any atom is -0.387 e. The molecule has 1 aliphatic heterocycles. The highest BCUT2D eigenvalue weighted by molar-refractivity contribution is 5.90. The van der Waals surface area contributed by atoms with Crippen molar-refractivity contribution in [3.8, 4) is 0 Å². The summed E-state index contributed by atoms with van der Waals surface area (Å²) in [5, 5.41) is 23.2. The maximum atomic E-state index is 11.2. The molecule has 7 rings (SSSR count). The van der Waals surface area contributed by atoms with Crippen molar-refractivity contribution in [3.63, 3.8) is 0 Å². The van der Waals surface area contributed by atoms with Crippen molar-refractivity contribution in [2.75, 3.05) is 12.3 Å². The first-order valence-electron chi connectivity index (χ1n) is 16.3. The third-order valence-electron chi connectivity index (χ3n) is 10.2. The van der Waals surface area contributed by atoms with Crippen LogP contribution >= 0.6 is 0 Å². The highest BCUT2D eigenvalue weighted by atomic mass is 16.6. The summed E-state index contributed by atoms with van der Waals surface area (Å²) in [5.74, 6) is 2.58. The fraction of sp³-hybridized carbons (Fsp3) is 0.618. The molecule has 2 aliphatic carbocycles. The van der Waals surface area contributed by atoms with Gasteiger partial charge in [-0.15, -0.1) is 0 Å². The lowest BCUT2D eigenvalue weighted by molar-refractivity contribution is -0.0619. The fourth-order valence-corrected chi connectivity index (χ4v) is 7.33. The first-order chi connectivity index (χ1) is 21.0. The Balaban J connectivity index is 0.983. The van der Waals surface area contributed by atoms with Gasteiger partial charge < -0.3 is 30.2 Å². The van der Waals surface area contributed by atoms with Crippen LogP contribution in [0.1, 0.15) is 95.8 Å². The van der Waals surface area contributed by atoms with E-state index in [0.717, 1.165) is 66.3 Å². The number of nitrogen functional groups attached to an aromatic ring is 1. The molecule has 3 fully saturated rings. The van der Waals surface area contributed by atoms with Crippen molar-refractivity contribution < 1.29 is 14.9 Å². The highest BCUT2D eigenvalue weighted by Gasteiger charge is 2.47. The molecule has 10 heteroatoms. The summed E-state index contributed by atoms with van der Waals surface area (Å²) in [6.07, 6.45) is 6.64. The molecule has 2 saturated carbocycles. The Kier molecular flexibility index (Phi) is 7.47. The number of imidazole rings is 1. The molecule has 0 spiro atoms. The summed E-state index contributed by atoms with van der Waals surface area (Å²) in [5.41, 5.74) is 11.6. The molecule has 0 amide bonds. The molecule has 3 aromatic heterocycles. The van der Waals surface area contributed by atoms with Crippen LogP contribution in [-0.4, -0.2) is 76.6 Å². The number of anilines is 1. The average Bonchev–Trinajstić information content (AvgIpc) is 3.50. The Hall–Kier alpha value is -3.05. The second-order valence-corrected chi connectivity index (χ2v) is 14.8. The monoisotopic (exact) mass is 601 g/mol. The number of nitrogens with zero attached hydrogens (tertiary/aromatic N) is 5. The second-order valence-electron chi connectivity index (χ2n) is 14.8. The molecular formula is C34H47N7O3. The quantitative estimate of drug-likeness (QED) is 0.215. The smallest absolute Gasteiger partial charge is 0.164 e. The summed E-state index contributed by atoms with van der Waals surface area (Å²) < 4.78 is 8.29. The average molecular weight is 602 g/mol. The second kappa shape index (κ2) is 11.1. The van der Waals surface area contributed by atoms with Gasteiger partial charge in [0.15, 0.2) is 6.23 Å². The van der Waals surface area contributed by atoms with Crippen LogP contribution in [-0.2, 0) is 16.6 Å². The van der Waals surface area contributed by atoms with E-state index in [2.05, 4.69) is 72.7 Å². The molecule has 4 unspecified atom stereocenters. The van der Waals surface area contributed by atoms with Crippen LogP contribution in [0.5, 0.6) is 0 Å². The lowest BCUT2D eigenvalue weighted by Crippen LogP contribution is -2.52. The van der Waals surface area contributed by atoms with Gasteiger partial charge in [-0.25, -0.2) is 15.0 Å². The highest BCUT2D eigenvalue weighted by Crippen LogP contribution is 2.46. The van der Waals surface area contributed by atoms with E-state index in [9.17, 15) is 10.2 Å². The van der Waals surface area contributed by atoms with Crippen LogP contribution in [0.4, 0.5) is 5.82 Å². The molecule has 4 atom stereocenters. The third kappa shape index (κ3) is 5.40. The van der Waals surface area contributed by atoms with Gasteiger partial charge in [-0.1, -0.05) is 26.8 Å². The molecule has 3 aliphatic rings. The molecule has 0 bridgehead atoms. The number of fused-ring (bicyclic) bond motifs is 2. The first-order valence-corrected chi connectivity index (χ1v) is 16.3. The summed E-state index contributed by atoms with van der Waals surface area (Å²) in [6, 6.07) is 7.28. The van der Waals surface area contributed by atoms with Gasteiger partial charge in [0.2, 0.25) is 0 Å². The molecule has 10 nitrogen and oxygen atoms in total. The Labute approximate surface area is 259 Å². The van der Waals surface area contributed by atoms with Gasteiger partial charge in [0.25, 0.3) is 0 Å². The number of aromatic amines is 1. The van der Waals surface area contributed by atoms with E-state index in [-0.39, 0.29) is 5.41 Å². The van der Waals surface area contributed by atoms with Crippen molar-refractivity contribution in [3.05, 3.63) is 47.7 Å². The Morgan fingerprint density at radius 1 is 1.14 bits per heavy atom. The maximum absolute atomic E-state index is 11.2. The zero-order chi connectivity index (χ0) is 30.9. The zero-order valence-corrected chi connectivity index (χ0v) is 26.6. The van der Waals surface area contributed by atoms with Crippen LogP contribution in [0.3, 0.4) is 0 Å². The van der Waals surface area contributed by atoms with E-state index >= 15 is 0 Å². The number of benzene rings is 1. The predicted octanol–water partition coefficient (Wildman–Crippen LogP) is 4.81. The molecule has 4 heterocycles. The van der Waals surface area contributed by atoms with Crippen LogP contribution in [0, 0.1) is 5.92 Å². The lowest BCUT2D eigenvalue weighted by Gasteiger charge is -2.46. The van der Waals surface area contributed by atoms with Crippen LogP contribution in [0.25, 0.3) is 22.1 Å². The summed E-state index contributed by atoms with van der Waals surface area (Å²) in [6.45, 7) is 11.7. The number of hydrogen-bond acceptors (Lipinski definition) is 8. The van der Waals surface area contributed by atoms with E-state index in [1.165, 1.54) is 11.9 Å². The van der Waals surface area contributed by atoms with E-state index < -0.39 is 24.5 Å².